The quantitative estimate of drug-likeness (QED) is 0.341. The molecule has 0 bridgehead atoms. The van der Waals surface area contributed by atoms with Crippen molar-refractivity contribution < 1.29 is 38.4 Å². The van der Waals surface area contributed by atoms with E-state index < -0.39 is 46.4 Å². The molecule has 12 nitrogen and oxygen atoms in total. The normalized spacial score (nSPS) is 22.2. The van der Waals surface area contributed by atoms with E-state index in [1.807, 2.05) is 0 Å². The fraction of sp³-hybridized carbons (Fsp3) is 0.333. The van der Waals surface area contributed by atoms with Crippen LogP contribution in [0.2, 0.25) is 0 Å². The van der Waals surface area contributed by atoms with Gasteiger partial charge in [0.2, 0.25) is 0 Å². The lowest BCUT2D eigenvalue weighted by Gasteiger charge is -2.38. The molecule has 4 atom stereocenters. The molecule has 0 saturated carbocycles. The number of hydrogen-bond acceptors (Lipinski definition) is 10. The van der Waals surface area contributed by atoms with Crippen LogP contribution >= 0.6 is 0 Å². The van der Waals surface area contributed by atoms with Gasteiger partial charge in [-0.05, 0) is 31.2 Å². The van der Waals surface area contributed by atoms with E-state index in [4.69, 9.17) is 18.9 Å². The number of carbonyl (C=O) groups excluding carboxylic acids is 2. The highest BCUT2D eigenvalue weighted by Gasteiger charge is 2.40. The molecule has 2 aromatic rings. The zero-order chi connectivity index (χ0) is 24.1. The molecule has 2 aromatic carbocycles. The molecule has 1 heterocycles. The van der Waals surface area contributed by atoms with Crippen molar-refractivity contribution in [3.05, 3.63) is 79.9 Å². The highest BCUT2D eigenvalue weighted by Crippen LogP contribution is 2.27. The van der Waals surface area contributed by atoms with Crippen molar-refractivity contribution in [2.24, 2.45) is 0 Å². The number of methoxy groups -OCH3 is 1. The number of esters is 2. The van der Waals surface area contributed by atoms with Crippen molar-refractivity contribution in [2.75, 3.05) is 7.11 Å². The van der Waals surface area contributed by atoms with Gasteiger partial charge in [0.25, 0.3) is 11.4 Å². The Hall–Kier alpha value is -3.90. The number of hydrogen-bond donors (Lipinski definition) is 0. The maximum absolute atomic E-state index is 12.5. The third kappa shape index (κ3) is 5.67. The van der Waals surface area contributed by atoms with Gasteiger partial charge in [0, 0.05) is 37.8 Å². The first-order valence-corrected chi connectivity index (χ1v) is 9.78. The van der Waals surface area contributed by atoms with E-state index in [0.717, 1.165) is 0 Å². The lowest BCUT2D eigenvalue weighted by Crippen LogP contribution is -2.50. The minimum absolute atomic E-state index is 0.0666. The smallest absolute Gasteiger partial charge is 0.338 e. The molecule has 1 saturated heterocycles. The summed E-state index contributed by atoms with van der Waals surface area (Å²) in [6.07, 6.45) is -3.17. The first-order valence-electron chi connectivity index (χ1n) is 9.78. The van der Waals surface area contributed by atoms with Crippen LogP contribution in [0.15, 0.2) is 48.5 Å². The van der Waals surface area contributed by atoms with Gasteiger partial charge in [0.15, 0.2) is 12.4 Å². The van der Waals surface area contributed by atoms with Crippen LogP contribution in [0.5, 0.6) is 0 Å². The van der Waals surface area contributed by atoms with Gasteiger partial charge < -0.3 is 18.9 Å². The largest absolute Gasteiger partial charge is 0.456 e. The topological polar surface area (TPSA) is 157 Å². The molecule has 0 unspecified atom stereocenters. The summed E-state index contributed by atoms with van der Waals surface area (Å²) in [7, 11) is 1.37. The molecule has 0 aliphatic carbocycles. The minimum Gasteiger partial charge on any atom is -0.456 e. The highest BCUT2D eigenvalue weighted by molar-refractivity contribution is 5.90. The van der Waals surface area contributed by atoms with Crippen molar-refractivity contribution >= 4 is 23.3 Å². The third-order valence-electron chi connectivity index (χ3n) is 5.02. The first kappa shape index (κ1) is 23.8. The van der Waals surface area contributed by atoms with Crippen molar-refractivity contribution in [1.29, 1.82) is 0 Å². The molecule has 1 aliphatic rings. The summed E-state index contributed by atoms with van der Waals surface area (Å²) >= 11 is 0. The number of ether oxygens (including phenoxy) is 4. The Bertz CT molecular complexity index is 1040. The second-order valence-corrected chi connectivity index (χ2v) is 7.18. The number of nitro groups is 2. The van der Waals surface area contributed by atoms with E-state index in [1.165, 1.54) is 55.6 Å². The van der Waals surface area contributed by atoms with Gasteiger partial charge in [0.05, 0.1) is 27.1 Å². The third-order valence-corrected chi connectivity index (χ3v) is 5.02. The lowest BCUT2D eigenvalue weighted by atomic mass is 10.0. The number of rotatable bonds is 7. The van der Waals surface area contributed by atoms with Gasteiger partial charge in [-0.15, -0.1) is 0 Å². The summed E-state index contributed by atoms with van der Waals surface area (Å²) in [5, 5.41) is 21.5. The van der Waals surface area contributed by atoms with E-state index in [9.17, 15) is 29.8 Å². The van der Waals surface area contributed by atoms with E-state index in [-0.39, 0.29) is 28.9 Å². The van der Waals surface area contributed by atoms with E-state index >= 15 is 0 Å². The standard InChI is InChI=1S/C21H20N2O10/c1-12-17(32-19(24)13-3-7-15(8-4-13)22(26)27)11-18(21(30-2)31-12)33-20(25)14-5-9-16(10-6-14)23(28)29/h3-10,12,17-18,21H,11H2,1-2H3/t12-,17+,18+,21-/m1/s1. The van der Waals surface area contributed by atoms with Gasteiger partial charge in [0.1, 0.15) is 6.10 Å². The van der Waals surface area contributed by atoms with Gasteiger partial charge in [-0.2, -0.15) is 0 Å². The zero-order valence-electron chi connectivity index (χ0n) is 17.6. The van der Waals surface area contributed by atoms with Crippen molar-refractivity contribution in [3.8, 4) is 0 Å². The Kier molecular flexibility index (Phi) is 7.30. The second-order valence-electron chi connectivity index (χ2n) is 7.18. The molecule has 0 aromatic heterocycles. The average molecular weight is 460 g/mol. The predicted octanol–water partition coefficient (Wildman–Crippen LogP) is 3.04. The first-order chi connectivity index (χ1) is 15.7. The Labute approximate surface area is 187 Å². The summed E-state index contributed by atoms with van der Waals surface area (Å²) in [5.41, 5.74) is -0.133. The van der Waals surface area contributed by atoms with Crippen LogP contribution in [0.3, 0.4) is 0 Å². The number of carbonyl (C=O) groups is 2. The highest BCUT2D eigenvalue weighted by atomic mass is 16.7. The molecule has 1 aliphatic heterocycles. The summed E-state index contributed by atoms with van der Waals surface area (Å²) in [6.45, 7) is 1.66. The zero-order valence-corrected chi connectivity index (χ0v) is 17.6. The fourth-order valence-electron chi connectivity index (χ4n) is 3.22. The van der Waals surface area contributed by atoms with Crippen LogP contribution in [0.25, 0.3) is 0 Å². The fourth-order valence-corrected chi connectivity index (χ4v) is 3.22. The van der Waals surface area contributed by atoms with E-state index in [1.54, 1.807) is 6.92 Å². The number of nitrogens with zero attached hydrogens (tertiary/aromatic N) is 2. The van der Waals surface area contributed by atoms with Crippen LogP contribution in [0.4, 0.5) is 11.4 Å². The molecule has 33 heavy (non-hydrogen) atoms. The molecule has 0 amide bonds. The van der Waals surface area contributed by atoms with Crippen molar-refractivity contribution in [1.82, 2.24) is 0 Å². The SMILES string of the molecule is CO[C@@H]1O[C@H](C)[C@@H](OC(=O)c2ccc([N+](=O)[O-])cc2)C[C@@H]1OC(=O)c1ccc([N+](=O)[O-])cc1. The van der Waals surface area contributed by atoms with Crippen LogP contribution in [0, 0.1) is 20.2 Å². The van der Waals surface area contributed by atoms with Crippen LogP contribution in [0.1, 0.15) is 34.1 Å². The van der Waals surface area contributed by atoms with E-state index in [0.29, 0.717) is 0 Å². The maximum atomic E-state index is 12.5. The molecular formula is C21H20N2O10. The molecule has 0 spiro atoms. The number of non-ortho nitro benzene ring substituents is 2. The second kappa shape index (κ2) is 10.1. The lowest BCUT2D eigenvalue weighted by molar-refractivity contribution is -0.385. The van der Waals surface area contributed by atoms with Crippen molar-refractivity contribution in [3.63, 3.8) is 0 Å². The molecular weight excluding hydrogens is 440 g/mol. The summed E-state index contributed by atoms with van der Waals surface area (Å²) in [5.74, 6) is -1.47. The Morgan fingerprint density at radius 3 is 1.67 bits per heavy atom. The predicted molar refractivity (Wildman–Crippen MR) is 111 cm³/mol. The van der Waals surface area contributed by atoms with Gasteiger partial charge >= 0.3 is 11.9 Å². The number of nitro benzene ring substituents is 2. The maximum Gasteiger partial charge on any atom is 0.338 e. The molecule has 3 rings (SSSR count). The monoisotopic (exact) mass is 460 g/mol. The molecule has 0 radical (unpaired) electrons. The summed E-state index contributed by atoms with van der Waals surface area (Å²) < 4.78 is 21.9. The van der Waals surface area contributed by atoms with Crippen molar-refractivity contribution in [2.45, 2.75) is 37.9 Å². The molecule has 1 fully saturated rings. The molecule has 0 N–H and O–H groups in total. The number of benzene rings is 2. The van der Waals surface area contributed by atoms with Crippen LogP contribution < -0.4 is 0 Å². The van der Waals surface area contributed by atoms with Gasteiger partial charge in [-0.3, -0.25) is 20.2 Å². The molecule has 12 heteroatoms. The van der Waals surface area contributed by atoms with Gasteiger partial charge in [-0.1, -0.05) is 0 Å². The Morgan fingerprint density at radius 2 is 1.27 bits per heavy atom. The molecule has 174 valence electrons. The van der Waals surface area contributed by atoms with Gasteiger partial charge in [-0.25, -0.2) is 9.59 Å². The minimum atomic E-state index is -0.927. The van der Waals surface area contributed by atoms with Crippen LogP contribution in [-0.4, -0.2) is 53.5 Å². The summed E-state index contributed by atoms with van der Waals surface area (Å²) in [6, 6.07) is 9.82. The Morgan fingerprint density at radius 1 is 0.848 bits per heavy atom. The Balaban J connectivity index is 1.68. The summed E-state index contributed by atoms with van der Waals surface area (Å²) in [4.78, 5) is 45.4. The van der Waals surface area contributed by atoms with E-state index in [2.05, 4.69) is 0 Å². The average Bonchev–Trinajstić information content (AvgIpc) is 2.80. The van der Waals surface area contributed by atoms with Crippen LogP contribution in [-0.2, 0) is 18.9 Å².